The highest BCUT2D eigenvalue weighted by atomic mass is 16.7. The van der Waals surface area contributed by atoms with Crippen molar-refractivity contribution >= 4 is 5.78 Å². The van der Waals surface area contributed by atoms with E-state index >= 15 is 0 Å². The van der Waals surface area contributed by atoms with Crippen LogP contribution in [0, 0.1) is 34.0 Å². The smallest absolute Gasteiger partial charge is 0.164 e. The van der Waals surface area contributed by atoms with Crippen LogP contribution in [0.4, 0.5) is 0 Å². The van der Waals surface area contributed by atoms with Gasteiger partial charge in [-0.15, -0.1) is 0 Å². The van der Waals surface area contributed by atoms with Crippen LogP contribution < -0.4 is 0 Å². The lowest BCUT2D eigenvalue weighted by Crippen LogP contribution is -2.67. The van der Waals surface area contributed by atoms with Crippen LogP contribution in [0.15, 0.2) is 23.3 Å². The molecule has 1 aliphatic heterocycles. The summed E-state index contributed by atoms with van der Waals surface area (Å²) in [7, 11) is 0. The molecule has 0 aromatic rings. The molecule has 5 heteroatoms. The minimum absolute atomic E-state index is 0.0299. The number of carbonyl (C=O) groups is 1. The van der Waals surface area contributed by atoms with Crippen LogP contribution >= 0.6 is 0 Å². The van der Waals surface area contributed by atoms with E-state index in [1.807, 2.05) is 32.9 Å². The first-order chi connectivity index (χ1) is 13.2. The van der Waals surface area contributed by atoms with Crippen LogP contribution in [-0.4, -0.2) is 46.2 Å². The summed E-state index contributed by atoms with van der Waals surface area (Å²) in [4.78, 5) is 14.3. The average molecular weight is 403 g/mol. The second kappa shape index (κ2) is 5.24. The van der Waals surface area contributed by atoms with Crippen LogP contribution in [0.2, 0.25) is 0 Å². The van der Waals surface area contributed by atoms with Gasteiger partial charge in [0.25, 0.3) is 0 Å². The largest absolute Gasteiger partial charge is 0.386 e. The molecule has 0 amide bonds. The number of hydrogen-bond donors (Lipinski definition) is 2. The van der Waals surface area contributed by atoms with Crippen molar-refractivity contribution in [3.05, 3.63) is 23.3 Å². The van der Waals surface area contributed by atoms with Gasteiger partial charge in [0, 0.05) is 5.92 Å². The topological polar surface area (TPSA) is 76.0 Å². The zero-order valence-electron chi connectivity index (χ0n) is 18.6. The normalized spacial score (nSPS) is 54.2. The lowest BCUT2D eigenvalue weighted by atomic mass is 9.58. The number of Topliss-reactive ketones (excluding diaryl/α,β-unsaturated/α-hetero) is 1. The van der Waals surface area contributed by atoms with Crippen molar-refractivity contribution in [1.29, 1.82) is 0 Å². The Morgan fingerprint density at radius 3 is 2.48 bits per heavy atom. The molecular formula is C24H34O5. The molecule has 3 fully saturated rings. The number of aliphatic hydroxyl groups excluding tert-OH is 1. The van der Waals surface area contributed by atoms with Crippen molar-refractivity contribution in [1.82, 2.24) is 0 Å². The molecule has 2 saturated carbocycles. The van der Waals surface area contributed by atoms with Crippen molar-refractivity contribution in [2.45, 2.75) is 78.5 Å². The van der Waals surface area contributed by atoms with Gasteiger partial charge in [-0.1, -0.05) is 39.8 Å². The van der Waals surface area contributed by atoms with Gasteiger partial charge in [0.1, 0.15) is 17.8 Å². The van der Waals surface area contributed by atoms with E-state index in [0.29, 0.717) is 18.1 Å². The number of rotatable bonds is 0. The summed E-state index contributed by atoms with van der Waals surface area (Å²) in [5, 5.41) is 23.5. The summed E-state index contributed by atoms with van der Waals surface area (Å²) in [6.07, 6.45) is 2.82. The van der Waals surface area contributed by atoms with E-state index in [1.54, 1.807) is 0 Å². The number of ether oxygens (including phenoxy) is 2. The maximum absolute atomic E-state index is 14.3. The Hall–Kier alpha value is -1.01. The summed E-state index contributed by atoms with van der Waals surface area (Å²) in [6.45, 7) is 14.5. The van der Waals surface area contributed by atoms with Crippen LogP contribution in [0.5, 0.6) is 0 Å². The molecule has 5 nitrogen and oxygen atoms in total. The fourth-order valence-corrected chi connectivity index (χ4v) is 7.60. The minimum atomic E-state index is -1.73. The molecule has 29 heavy (non-hydrogen) atoms. The molecule has 1 spiro atoms. The first kappa shape index (κ1) is 19.9. The molecule has 160 valence electrons. The average Bonchev–Trinajstić information content (AvgIpc) is 3.01. The van der Waals surface area contributed by atoms with Crippen LogP contribution in [0.1, 0.15) is 54.9 Å². The van der Waals surface area contributed by atoms with Crippen molar-refractivity contribution in [2.75, 3.05) is 6.61 Å². The molecule has 5 rings (SSSR count). The highest BCUT2D eigenvalue weighted by molar-refractivity contribution is 5.96. The molecule has 0 radical (unpaired) electrons. The third-order valence-corrected chi connectivity index (χ3v) is 9.67. The van der Waals surface area contributed by atoms with Crippen LogP contribution in [0.25, 0.3) is 0 Å². The van der Waals surface area contributed by atoms with Crippen LogP contribution in [-0.2, 0) is 14.3 Å². The maximum Gasteiger partial charge on any atom is 0.164 e. The second-order valence-corrected chi connectivity index (χ2v) is 11.4. The Bertz CT molecular complexity index is 868. The van der Waals surface area contributed by atoms with Gasteiger partial charge in [-0.3, -0.25) is 4.79 Å². The summed E-state index contributed by atoms with van der Waals surface area (Å²) in [5.41, 5.74) is -1.58. The lowest BCUT2D eigenvalue weighted by molar-refractivity contribution is -0.303. The van der Waals surface area contributed by atoms with Crippen molar-refractivity contribution in [3.63, 3.8) is 0 Å². The second-order valence-electron chi connectivity index (χ2n) is 11.4. The SMILES string of the molecule is CC1=C[C@]23C(=O)[C@@H](C=C4COC(C)(C)OC4C2(O)[C@H]1O)[C@@]1(C)[C@@H](C[C@H]3C)C1(C)C. The highest BCUT2D eigenvalue weighted by Gasteiger charge is 2.80. The van der Waals surface area contributed by atoms with Gasteiger partial charge in [-0.25, -0.2) is 0 Å². The molecular weight excluding hydrogens is 368 g/mol. The zero-order chi connectivity index (χ0) is 21.4. The molecule has 2 N–H and O–H groups in total. The minimum Gasteiger partial charge on any atom is -0.386 e. The molecule has 0 aromatic carbocycles. The van der Waals surface area contributed by atoms with Gasteiger partial charge in [0.2, 0.25) is 0 Å². The van der Waals surface area contributed by atoms with Gasteiger partial charge in [0.05, 0.1) is 12.0 Å². The van der Waals surface area contributed by atoms with Gasteiger partial charge in [-0.05, 0) is 61.0 Å². The number of allylic oxidation sites excluding steroid dienone is 1. The van der Waals surface area contributed by atoms with Gasteiger partial charge < -0.3 is 19.7 Å². The van der Waals surface area contributed by atoms with Gasteiger partial charge in [-0.2, -0.15) is 0 Å². The Balaban J connectivity index is 1.80. The third kappa shape index (κ3) is 1.95. The predicted octanol–water partition coefficient (Wildman–Crippen LogP) is 3.00. The summed E-state index contributed by atoms with van der Waals surface area (Å²) in [6, 6.07) is 0. The fourth-order valence-electron chi connectivity index (χ4n) is 7.60. The van der Waals surface area contributed by atoms with E-state index in [4.69, 9.17) is 9.47 Å². The first-order valence-electron chi connectivity index (χ1n) is 10.9. The first-order valence-corrected chi connectivity index (χ1v) is 10.9. The molecule has 4 aliphatic carbocycles. The molecule has 1 saturated heterocycles. The van der Waals surface area contributed by atoms with Crippen molar-refractivity contribution < 1.29 is 24.5 Å². The van der Waals surface area contributed by atoms with Crippen molar-refractivity contribution in [3.8, 4) is 0 Å². The lowest BCUT2D eigenvalue weighted by Gasteiger charge is -2.52. The quantitative estimate of drug-likeness (QED) is 0.609. The highest BCUT2D eigenvalue weighted by Crippen LogP contribution is 2.79. The Labute approximate surface area is 173 Å². The number of ketones is 1. The molecule has 2 unspecified atom stereocenters. The molecule has 2 bridgehead atoms. The Morgan fingerprint density at radius 1 is 1.17 bits per heavy atom. The third-order valence-electron chi connectivity index (χ3n) is 9.67. The molecule has 0 aromatic heterocycles. The summed E-state index contributed by atoms with van der Waals surface area (Å²) >= 11 is 0. The summed E-state index contributed by atoms with van der Waals surface area (Å²) in [5.74, 6) is -0.917. The zero-order valence-corrected chi connectivity index (χ0v) is 18.6. The monoisotopic (exact) mass is 402 g/mol. The van der Waals surface area contributed by atoms with E-state index in [-0.39, 0.29) is 28.4 Å². The molecule has 8 atom stereocenters. The molecule has 5 aliphatic rings. The van der Waals surface area contributed by atoms with Crippen LogP contribution in [0.3, 0.4) is 0 Å². The van der Waals surface area contributed by atoms with E-state index in [1.165, 1.54) is 0 Å². The molecule has 1 heterocycles. The Morgan fingerprint density at radius 2 is 1.83 bits per heavy atom. The fraction of sp³-hybridized carbons (Fsp3) is 0.792. The Kier molecular flexibility index (Phi) is 3.60. The number of fused-ring (bicyclic) bond motifs is 5. The van der Waals surface area contributed by atoms with E-state index in [2.05, 4.69) is 27.7 Å². The van der Waals surface area contributed by atoms with Crippen molar-refractivity contribution in [2.24, 2.45) is 34.0 Å². The standard InChI is InChI=1S/C24H34O5/c1-12-10-23-13(2)8-16-20(3,4)22(16,7)15(18(23)26)9-14-11-28-21(5,6)29-19(14)24(23,27)17(12)25/h9-10,13,15-17,19,25,27H,8,11H2,1-7H3/t13-,15-,16+,17+,19?,22+,23+,24?/m1/s1. The number of carbonyl (C=O) groups excluding carboxylic acids is 1. The predicted molar refractivity (Wildman–Crippen MR) is 108 cm³/mol. The number of hydrogen-bond acceptors (Lipinski definition) is 5. The van der Waals surface area contributed by atoms with Gasteiger partial charge >= 0.3 is 0 Å². The van der Waals surface area contributed by atoms with E-state index in [9.17, 15) is 15.0 Å². The summed E-state index contributed by atoms with van der Waals surface area (Å²) < 4.78 is 12.2. The maximum atomic E-state index is 14.3. The van der Waals surface area contributed by atoms with E-state index in [0.717, 1.165) is 12.0 Å². The number of aliphatic hydroxyl groups is 2. The van der Waals surface area contributed by atoms with Gasteiger partial charge in [0.15, 0.2) is 11.6 Å². The van der Waals surface area contributed by atoms with E-state index < -0.39 is 29.0 Å².